The summed E-state index contributed by atoms with van der Waals surface area (Å²) in [5.74, 6) is 1.33. The second-order valence-electron chi connectivity index (χ2n) is 4.68. The first-order chi connectivity index (χ1) is 11.1. The van der Waals surface area contributed by atoms with Crippen molar-refractivity contribution in [1.82, 2.24) is 15.4 Å². The SMILES string of the molecule is COc1ccc([C@H](C#N)NNc2nc(C)cc(=O)[nH]2)cc1OC. The number of methoxy groups -OCH3 is 2. The lowest BCUT2D eigenvalue weighted by molar-refractivity contribution is 0.354. The maximum atomic E-state index is 11.4. The van der Waals surface area contributed by atoms with Crippen LogP contribution in [-0.4, -0.2) is 24.2 Å². The summed E-state index contributed by atoms with van der Waals surface area (Å²) in [4.78, 5) is 18.0. The van der Waals surface area contributed by atoms with Gasteiger partial charge in [-0.25, -0.2) is 10.4 Å². The Morgan fingerprint density at radius 1 is 1.26 bits per heavy atom. The average Bonchev–Trinajstić information content (AvgIpc) is 2.54. The van der Waals surface area contributed by atoms with Gasteiger partial charge in [-0.1, -0.05) is 6.07 Å². The number of aromatic nitrogens is 2. The molecule has 23 heavy (non-hydrogen) atoms. The number of aryl methyl sites for hydroxylation is 1. The van der Waals surface area contributed by atoms with Crippen molar-refractivity contribution in [3.8, 4) is 17.6 Å². The Hall–Kier alpha value is -3.05. The van der Waals surface area contributed by atoms with E-state index < -0.39 is 6.04 Å². The molecule has 2 aromatic rings. The Labute approximate surface area is 133 Å². The first-order valence-corrected chi connectivity index (χ1v) is 6.78. The number of hydrazine groups is 1. The van der Waals surface area contributed by atoms with Crippen molar-refractivity contribution < 1.29 is 9.47 Å². The number of H-pyrrole nitrogens is 1. The Balaban J connectivity index is 2.17. The average molecular weight is 315 g/mol. The molecular weight excluding hydrogens is 298 g/mol. The second kappa shape index (κ2) is 7.29. The van der Waals surface area contributed by atoms with Crippen LogP contribution in [0.25, 0.3) is 0 Å². The molecule has 1 atom stereocenters. The summed E-state index contributed by atoms with van der Waals surface area (Å²) in [5, 5.41) is 9.34. The fraction of sp³-hybridized carbons (Fsp3) is 0.267. The van der Waals surface area contributed by atoms with Gasteiger partial charge in [0, 0.05) is 11.8 Å². The highest BCUT2D eigenvalue weighted by molar-refractivity contribution is 5.45. The topological polar surface area (TPSA) is 112 Å². The normalized spacial score (nSPS) is 11.4. The van der Waals surface area contributed by atoms with E-state index in [0.29, 0.717) is 22.8 Å². The molecule has 2 rings (SSSR count). The predicted octanol–water partition coefficient (Wildman–Crippen LogP) is 1.28. The van der Waals surface area contributed by atoms with Crippen LogP contribution >= 0.6 is 0 Å². The quantitative estimate of drug-likeness (QED) is 0.688. The highest BCUT2D eigenvalue weighted by Crippen LogP contribution is 2.29. The van der Waals surface area contributed by atoms with Crippen molar-refractivity contribution in [2.24, 2.45) is 0 Å². The predicted molar refractivity (Wildman–Crippen MR) is 84.3 cm³/mol. The zero-order valence-corrected chi connectivity index (χ0v) is 13.0. The molecule has 8 heteroatoms. The molecular formula is C15H17N5O3. The highest BCUT2D eigenvalue weighted by Gasteiger charge is 2.14. The van der Waals surface area contributed by atoms with Crippen LogP contribution in [0.2, 0.25) is 0 Å². The number of rotatable bonds is 6. The van der Waals surface area contributed by atoms with Gasteiger partial charge >= 0.3 is 0 Å². The van der Waals surface area contributed by atoms with E-state index in [4.69, 9.17) is 9.47 Å². The molecule has 0 aliphatic rings. The molecule has 0 bridgehead atoms. The minimum absolute atomic E-state index is 0.232. The van der Waals surface area contributed by atoms with Gasteiger partial charge in [0.2, 0.25) is 5.95 Å². The van der Waals surface area contributed by atoms with E-state index in [2.05, 4.69) is 26.9 Å². The van der Waals surface area contributed by atoms with Crippen molar-refractivity contribution in [1.29, 1.82) is 5.26 Å². The van der Waals surface area contributed by atoms with Crippen LogP contribution in [0, 0.1) is 18.3 Å². The molecule has 3 N–H and O–H groups in total. The number of hydrogen-bond acceptors (Lipinski definition) is 7. The van der Waals surface area contributed by atoms with Gasteiger partial charge in [0.25, 0.3) is 5.56 Å². The minimum atomic E-state index is -0.680. The van der Waals surface area contributed by atoms with Gasteiger partial charge in [-0.3, -0.25) is 15.2 Å². The van der Waals surface area contributed by atoms with Gasteiger partial charge < -0.3 is 9.47 Å². The molecule has 8 nitrogen and oxygen atoms in total. The standard InChI is InChI=1S/C15H17N5O3/c1-9-6-14(21)18-15(17-9)20-19-11(8-16)10-4-5-12(22-2)13(7-10)23-3/h4-7,11,19H,1-3H3,(H2,17,18,20,21)/t11-/m0/s1. The number of nitrogens with one attached hydrogen (secondary N) is 3. The van der Waals surface area contributed by atoms with E-state index >= 15 is 0 Å². The van der Waals surface area contributed by atoms with Crippen LogP contribution in [-0.2, 0) is 0 Å². The van der Waals surface area contributed by atoms with E-state index in [1.807, 2.05) is 0 Å². The van der Waals surface area contributed by atoms with Crippen molar-refractivity contribution in [2.75, 3.05) is 19.6 Å². The summed E-state index contributed by atoms with van der Waals surface area (Å²) in [6.07, 6.45) is 0. The number of anilines is 1. The first-order valence-electron chi connectivity index (χ1n) is 6.78. The van der Waals surface area contributed by atoms with Crippen molar-refractivity contribution >= 4 is 5.95 Å². The van der Waals surface area contributed by atoms with Gasteiger partial charge in [-0.2, -0.15) is 5.26 Å². The lowest BCUT2D eigenvalue weighted by Crippen LogP contribution is -2.28. The van der Waals surface area contributed by atoms with E-state index in [-0.39, 0.29) is 11.5 Å². The van der Waals surface area contributed by atoms with Gasteiger partial charge in [0.05, 0.1) is 20.3 Å². The molecule has 0 saturated heterocycles. The zero-order chi connectivity index (χ0) is 16.8. The smallest absolute Gasteiger partial charge is 0.252 e. The minimum Gasteiger partial charge on any atom is -0.493 e. The number of nitrogens with zero attached hydrogens (tertiary/aromatic N) is 2. The summed E-state index contributed by atoms with van der Waals surface area (Å²) >= 11 is 0. The third-order valence-electron chi connectivity index (χ3n) is 3.07. The Kier molecular flexibility index (Phi) is 5.17. The molecule has 0 fully saturated rings. The van der Waals surface area contributed by atoms with Crippen molar-refractivity contribution in [3.63, 3.8) is 0 Å². The first kappa shape index (κ1) is 16.3. The number of benzene rings is 1. The van der Waals surface area contributed by atoms with E-state index in [1.54, 1.807) is 32.2 Å². The Morgan fingerprint density at radius 2 is 2.00 bits per heavy atom. The molecule has 0 aliphatic carbocycles. The fourth-order valence-corrected chi connectivity index (χ4v) is 2.00. The lowest BCUT2D eigenvalue weighted by atomic mass is 10.1. The van der Waals surface area contributed by atoms with Crippen LogP contribution in [0.4, 0.5) is 5.95 Å². The molecule has 1 aromatic heterocycles. The highest BCUT2D eigenvalue weighted by atomic mass is 16.5. The largest absolute Gasteiger partial charge is 0.493 e. The molecule has 0 spiro atoms. The number of nitriles is 1. The molecule has 0 unspecified atom stereocenters. The molecule has 1 heterocycles. The summed E-state index contributed by atoms with van der Waals surface area (Å²) in [7, 11) is 3.06. The number of aromatic amines is 1. The van der Waals surface area contributed by atoms with Crippen LogP contribution in [0.5, 0.6) is 11.5 Å². The summed E-state index contributed by atoms with van der Waals surface area (Å²) in [6.45, 7) is 1.70. The summed E-state index contributed by atoms with van der Waals surface area (Å²) < 4.78 is 10.4. The molecule has 0 radical (unpaired) electrons. The molecule has 1 aromatic carbocycles. The van der Waals surface area contributed by atoms with Gasteiger partial charge in [-0.15, -0.1) is 0 Å². The maximum Gasteiger partial charge on any atom is 0.252 e. The zero-order valence-electron chi connectivity index (χ0n) is 13.0. The van der Waals surface area contributed by atoms with Gasteiger partial charge in [0.1, 0.15) is 6.04 Å². The van der Waals surface area contributed by atoms with E-state index in [9.17, 15) is 10.1 Å². The summed E-state index contributed by atoms with van der Waals surface area (Å²) in [5.41, 5.74) is 6.50. The Morgan fingerprint density at radius 3 is 2.61 bits per heavy atom. The van der Waals surface area contributed by atoms with Crippen LogP contribution in [0.3, 0.4) is 0 Å². The van der Waals surface area contributed by atoms with Crippen LogP contribution in [0.1, 0.15) is 17.3 Å². The number of hydrogen-bond donors (Lipinski definition) is 3. The van der Waals surface area contributed by atoms with Crippen molar-refractivity contribution in [3.05, 3.63) is 45.9 Å². The maximum absolute atomic E-state index is 11.4. The lowest BCUT2D eigenvalue weighted by Gasteiger charge is -2.15. The molecule has 0 saturated carbocycles. The molecule has 0 amide bonds. The van der Waals surface area contributed by atoms with Gasteiger partial charge in [0.15, 0.2) is 11.5 Å². The fourth-order valence-electron chi connectivity index (χ4n) is 2.00. The third-order valence-corrected chi connectivity index (χ3v) is 3.07. The third kappa shape index (κ3) is 3.99. The monoisotopic (exact) mass is 315 g/mol. The summed E-state index contributed by atoms with van der Waals surface area (Å²) in [6, 6.07) is 7.98. The van der Waals surface area contributed by atoms with E-state index in [0.717, 1.165) is 0 Å². The Bertz CT molecular complexity index is 781. The molecule has 120 valence electrons. The second-order valence-corrected chi connectivity index (χ2v) is 4.68. The van der Waals surface area contributed by atoms with Gasteiger partial charge in [-0.05, 0) is 24.6 Å². The van der Waals surface area contributed by atoms with Crippen LogP contribution < -0.4 is 25.9 Å². The molecule has 0 aliphatic heterocycles. The van der Waals surface area contributed by atoms with Crippen LogP contribution in [0.15, 0.2) is 29.1 Å². The van der Waals surface area contributed by atoms with E-state index in [1.165, 1.54) is 13.2 Å². The number of ether oxygens (including phenoxy) is 2. The van der Waals surface area contributed by atoms with Crippen molar-refractivity contribution in [2.45, 2.75) is 13.0 Å².